The van der Waals surface area contributed by atoms with Crippen molar-refractivity contribution in [2.75, 3.05) is 18.9 Å². The predicted molar refractivity (Wildman–Crippen MR) is 89.2 cm³/mol. The number of rotatable bonds is 6. The lowest BCUT2D eigenvalue weighted by molar-refractivity contribution is -0.139. The molecule has 2 amide bonds. The quantitative estimate of drug-likeness (QED) is 0.886. The lowest BCUT2D eigenvalue weighted by atomic mass is 10.3. The Morgan fingerprint density at radius 2 is 1.88 bits per heavy atom. The Kier molecular flexibility index (Phi) is 5.89. The molecule has 2 aromatic rings. The van der Waals surface area contributed by atoms with Crippen LogP contribution in [0.1, 0.15) is 6.92 Å². The van der Waals surface area contributed by atoms with E-state index in [0.717, 1.165) is 0 Å². The van der Waals surface area contributed by atoms with E-state index in [-0.39, 0.29) is 12.5 Å². The zero-order chi connectivity index (χ0) is 17.5. The average Bonchev–Trinajstić information content (AvgIpc) is 2.54. The van der Waals surface area contributed by atoms with Gasteiger partial charge in [0.25, 0.3) is 5.91 Å². The average molecular weight is 330 g/mol. The molecule has 6 heteroatoms. The highest BCUT2D eigenvalue weighted by molar-refractivity contribution is 5.95. The van der Waals surface area contributed by atoms with Crippen molar-refractivity contribution in [3.8, 4) is 5.75 Å². The number of halogens is 1. The van der Waals surface area contributed by atoms with Crippen molar-refractivity contribution in [2.45, 2.75) is 13.0 Å². The highest BCUT2D eigenvalue weighted by atomic mass is 19.1. The molecular formula is C18H19FN2O3. The molecule has 0 bridgehead atoms. The molecular weight excluding hydrogens is 311 g/mol. The van der Waals surface area contributed by atoms with Gasteiger partial charge in [-0.25, -0.2) is 4.39 Å². The Balaban J connectivity index is 1.87. The minimum Gasteiger partial charge on any atom is -0.481 e. The molecule has 0 radical (unpaired) electrons. The molecule has 5 nitrogen and oxygen atoms in total. The van der Waals surface area contributed by atoms with Crippen LogP contribution in [0.2, 0.25) is 0 Å². The van der Waals surface area contributed by atoms with Crippen LogP contribution >= 0.6 is 0 Å². The van der Waals surface area contributed by atoms with Crippen LogP contribution in [-0.2, 0) is 9.59 Å². The lowest BCUT2D eigenvalue weighted by Gasteiger charge is -2.21. The van der Waals surface area contributed by atoms with E-state index in [2.05, 4.69) is 5.32 Å². The molecule has 0 heterocycles. The molecule has 126 valence electrons. The number of para-hydroxylation sites is 1. The number of benzene rings is 2. The van der Waals surface area contributed by atoms with Crippen LogP contribution in [0.5, 0.6) is 5.75 Å². The van der Waals surface area contributed by atoms with Crippen LogP contribution in [-0.4, -0.2) is 36.4 Å². The molecule has 24 heavy (non-hydrogen) atoms. The Morgan fingerprint density at radius 1 is 1.17 bits per heavy atom. The first-order valence-corrected chi connectivity index (χ1v) is 7.48. The molecule has 0 spiro atoms. The lowest BCUT2D eigenvalue weighted by Crippen LogP contribution is -2.41. The van der Waals surface area contributed by atoms with Gasteiger partial charge in [0.05, 0.1) is 6.54 Å². The molecule has 1 atom stereocenters. The van der Waals surface area contributed by atoms with Gasteiger partial charge >= 0.3 is 0 Å². The van der Waals surface area contributed by atoms with Crippen LogP contribution in [0.3, 0.4) is 0 Å². The van der Waals surface area contributed by atoms with Gasteiger partial charge in [0.1, 0.15) is 11.6 Å². The summed E-state index contributed by atoms with van der Waals surface area (Å²) >= 11 is 0. The zero-order valence-corrected chi connectivity index (χ0v) is 13.5. The van der Waals surface area contributed by atoms with Gasteiger partial charge in [0, 0.05) is 12.7 Å². The number of ether oxygens (including phenoxy) is 1. The first-order valence-electron chi connectivity index (χ1n) is 7.48. The monoisotopic (exact) mass is 330 g/mol. The standard InChI is InChI=1S/C18H19FN2O3/c1-13(24-16-9-4-3-5-10-16)18(23)21(2)12-17(22)20-15-8-6-7-14(19)11-15/h3-11,13H,12H2,1-2H3,(H,20,22). The van der Waals surface area contributed by atoms with Crippen LogP contribution < -0.4 is 10.1 Å². The number of likely N-dealkylation sites (N-methyl/N-ethyl adjacent to an activating group) is 1. The van der Waals surface area contributed by atoms with Crippen LogP contribution in [0.15, 0.2) is 54.6 Å². The fourth-order valence-corrected chi connectivity index (χ4v) is 2.12. The zero-order valence-electron chi connectivity index (χ0n) is 13.5. The van der Waals surface area contributed by atoms with E-state index in [0.29, 0.717) is 11.4 Å². The largest absolute Gasteiger partial charge is 0.481 e. The van der Waals surface area contributed by atoms with Crippen molar-refractivity contribution in [2.24, 2.45) is 0 Å². The summed E-state index contributed by atoms with van der Waals surface area (Å²) in [7, 11) is 1.51. The maximum Gasteiger partial charge on any atom is 0.263 e. The summed E-state index contributed by atoms with van der Waals surface area (Å²) in [6, 6.07) is 14.5. The molecule has 0 fully saturated rings. The first kappa shape index (κ1) is 17.5. The first-order chi connectivity index (χ1) is 11.5. The maximum absolute atomic E-state index is 13.1. The molecule has 2 rings (SSSR count). The van der Waals surface area contributed by atoms with Crippen molar-refractivity contribution in [1.29, 1.82) is 0 Å². The highest BCUT2D eigenvalue weighted by Gasteiger charge is 2.21. The molecule has 0 saturated carbocycles. The van der Waals surface area contributed by atoms with E-state index in [9.17, 15) is 14.0 Å². The second kappa shape index (κ2) is 8.10. The third kappa shape index (κ3) is 5.08. The van der Waals surface area contributed by atoms with E-state index >= 15 is 0 Å². The molecule has 0 aromatic heterocycles. The second-order valence-electron chi connectivity index (χ2n) is 5.33. The molecule has 0 aliphatic carbocycles. The van der Waals surface area contributed by atoms with Crippen LogP contribution in [0, 0.1) is 5.82 Å². The van der Waals surface area contributed by atoms with Crippen LogP contribution in [0.25, 0.3) is 0 Å². The molecule has 0 saturated heterocycles. The molecule has 2 aromatic carbocycles. The molecule has 0 aliphatic heterocycles. The van der Waals surface area contributed by atoms with Crippen molar-refractivity contribution < 1.29 is 18.7 Å². The normalized spacial score (nSPS) is 11.5. The van der Waals surface area contributed by atoms with Gasteiger partial charge in [-0.05, 0) is 37.3 Å². The minimum absolute atomic E-state index is 0.155. The topological polar surface area (TPSA) is 58.6 Å². The number of hydrogen-bond acceptors (Lipinski definition) is 3. The van der Waals surface area contributed by atoms with Crippen molar-refractivity contribution in [3.63, 3.8) is 0 Å². The van der Waals surface area contributed by atoms with Gasteiger partial charge in [0.2, 0.25) is 5.91 Å². The number of anilines is 1. The van der Waals surface area contributed by atoms with Gasteiger partial charge in [-0.1, -0.05) is 24.3 Å². The maximum atomic E-state index is 13.1. The number of nitrogens with one attached hydrogen (secondary N) is 1. The third-order valence-corrected chi connectivity index (χ3v) is 3.27. The third-order valence-electron chi connectivity index (χ3n) is 3.27. The summed E-state index contributed by atoms with van der Waals surface area (Å²) in [4.78, 5) is 25.5. The van der Waals surface area contributed by atoms with Gasteiger partial charge in [-0.3, -0.25) is 9.59 Å². The number of hydrogen-bond donors (Lipinski definition) is 1. The Labute approximate surface area is 140 Å². The van der Waals surface area contributed by atoms with E-state index in [1.165, 1.54) is 30.1 Å². The number of amides is 2. The van der Waals surface area contributed by atoms with E-state index in [1.54, 1.807) is 25.1 Å². The SMILES string of the molecule is CC(Oc1ccccc1)C(=O)N(C)CC(=O)Nc1cccc(F)c1. The van der Waals surface area contributed by atoms with Gasteiger partial charge in [0.15, 0.2) is 6.10 Å². The molecule has 0 aliphatic rings. The van der Waals surface area contributed by atoms with E-state index in [4.69, 9.17) is 4.74 Å². The Hall–Kier alpha value is -2.89. The van der Waals surface area contributed by atoms with Crippen molar-refractivity contribution in [3.05, 3.63) is 60.4 Å². The van der Waals surface area contributed by atoms with Crippen molar-refractivity contribution >= 4 is 17.5 Å². The summed E-state index contributed by atoms with van der Waals surface area (Å²) in [5.41, 5.74) is 0.342. The summed E-state index contributed by atoms with van der Waals surface area (Å²) in [6.07, 6.45) is -0.723. The molecule has 1 unspecified atom stereocenters. The number of carbonyl (C=O) groups excluding carboxylic acids is 2. The van der Waals surface area contributed by atoms with Gasteiger partial charge in [-0.15, -0.1) is 0 Å². The fourth-order valence-electron chi connectivity index (χ4n) is 2.12. The predicted octanol–water partition coefficient (Wildman–Crippen LogP) is 2.69. The number of carbonyl (C=O) groups is 2. The summed E-state index contributed by atoms with van der Waals surface area (Å²) in [5.74, 6) is -0.602. The Bertz CT molecular complexity index is 706. The second-order valence-corrected chi connectivity index (χ2v) is 5.33. The molecule has 1 N–H and O–H groups in total. The van der Waals surface area contributed by atoms with E-state index in [1.807, 2.05) is 18.2 Å². The van der Waals surface area contributed by atoms with Gasteiger partial charge in [-0.2, -0.15) is 0 Å². The minimum atomic E-state index is -0.723. The smallest absolute Gasteiger partial charge is 0.263 e. The highest BCUT2D eigenvalue weighted by Crippen LogP contribution is 2.12. The summed E-state index contributed by atoms with van der Waals surface area (Å²) in [5, 5.41) is 2.54. The fraction of sp³-hybridized carbons (Fsp3) is 0.222. The van der Waals surface area contributed by atoms with Crippen LogP contribution in [0.4, 0.5) is 10.1 Å². The van der Waals surface area contributed by atoms with E-state index < -0.39 is 17.8 Å². The summed E-state index contributed by atoms with van der Waals surface area (Å²) < 4.78 is 18.6. The number of nitrogens with zero attached hydrogens (tertiary/aromatic N) is 1. The summed E-state index contributed by atoms with van der Waals surface area (Å²) in [6.45, 7) is 1.47. The van der Waals surface area contributed by atoms with Gasteiger partial charge < -0.3 is 15.0 Å². The van der Waals surface area contributed by atoms with Crippen molar-refractivity contribution in [1.82, 2.24) is 4.90 Å². The Morgan fingerprint density at radius 3 is 2.54 bits per heavy atom.